The number of benzene rings is 2. The predicted octanol–water partition coefficient (Wildman–Crippen LogP) is 2.33. The Kier molecular flexibility index (Phi) is 5.87. The molecule has 0 spiro atoms. The summed E-state index contributed by atoms with van der Waals surface area (Å²) in [5.41, 5.74) is 2.06. The van der Waals surface area contributed by atoms with Gasteiger partial charge in [-0.25, -0.2) is 9.79 Å². The van der Waals surface area contributed by atoms with Crippen molar-refractivity contribution in [3.05, 3.63) is 96.7 Å². The Morgan fingerprint density at radius 2 is 1.88 bits per heavy atom. The van der Waals surface area contributed by atoms with Crippen LogP contribution in [0, 0.1) is 0 Å². The van der Waals surface area contributed by atoms with Gasteiger partial charge in [-0.05, 0) is 36.3 Å². The van der Waals surface area contributed by atoms with E-state index in [1.54, 1.807) is 31.2 Å². The molecule has 0 amide bonds. The summed E-state index contributed by atoms with van der Waals surface area (Å²) in [5.74, 6) is -0.552. The number of carbonyl (C=O) groups is 2. The van der Waals surface area contributed by atoms with Gasteiger partial charge in [0.2, 0.25) is 0 Å². The minimum absolute atomic E-state index is 0.269. The first-order chi connectivity index (χ1) is 15.4. The summed E-state index contributed by atoms with van der Waals surface area (Å²) >= 11 is 1.23. The van der Waals surface area contributed by atoms with Gasteiger partial charge in [-0.3, -0.25) is 14.2 Å². The SMILES string of the molecule is COC(=O)C1=C(C)N=c2sc(=Cc3cccc(OC(C)=O)c3)c(=O)n2C1c1ccccc1. The monoisotopic (exact) mass is 448 g/mol. The van der Waals surface area contributed by atoms with E-state index in [1.165, 1.54) is 29.9 Å². The maximum atomic E-state index is 13.4. The highest BCUT2D eigenvalue weighted by atomic mass is 32.1. The second kappa shape index (κ2) is 8.76. The van der Waals surface area contributed by atoms with Crippen LogP contribution >= 0.6 is 11.3 Å². The number of allylic oxidation sites excluding steroid dienone is 1. The van der Waals surface area contributed by atoms with E-state index in [0.717, 1.165) is 5.56 Å². The molecule has 1 aromatic heterocycles. The second-order valence-corrected chi connectivity index (χ2v) is 8.16. The molecular formula is C24H20N2O5S. The number of carbonyl (C=O) groups excluding carboxylic acids is 2. The summed E-state index contributed by atoms with van der Waals surface area (Å²) < 4.78 is 12.1. The average Bonchev–Trinajstić information content (AvgIpc) is 3.07. The van der Waals surface area contributed by atoms with E-state index in [4.69, 9.17) is 9.47 Å². The Labute approximate surface area is 187 Å². The Hall–Kier alpha value is -3.78. The van der Waals surface area contributed by atoms with Gasteiger partial charge in [0.1, 0.15) is 5.75 Å². The Morgan fingerprint density at radius 1 is 1.12 bits per heavy atom. The molecule has 0 radical (unpaired) electrons. The van der Waals surface area contributed by atoms with Crippen LogP contribution in [0.1, 0.15) is 31.0 Å². The summed E-state index contributed by atoms with van der Waals surface area (Å²) in [6, 6.07) is 15.6. The fraction of sp³-hybridized carbons (Fsp3) is 0.167. The number of aromatic nitrogens is 1. The summed E-state index contributed by atoms with van der Waals surface area (Å²) in [5, 5.41) is 0. The predicted molar refractivity (Wildman–Crippen MR) is 120 cm³/mol. The molecule has 1 unspecified atom stereocenters. The lowest BCUT2D eigenvalue weighted by Gasteiger charge is -2.24. The molecule has 0 N–H and O–H groups in total. The zero-order valence-electron chi connectivity index (χ0n) is 17.7. The molecule has 2 heterocycles. The van der Waals surface area contributed by atoms with E-state index in [2.05, 4.69) is 4.99 Å². The van der Waals surface area contributed by atoms with Gasteiger partial charge >= 0.3 is 11.9 Å². The highest BCUT2D eigenvalue weighted by molar-refractivity contribution is 7.07. The van der Waals surface area contributed by atoms with Gasteiger partial charge in [-0.2, -0.15) is 0 Å². The molecule has 0 saturated heterocycles. The molecule has 4 rings (SSSR count). The molecule has 0 aliphatic carbocycles. The fourth-order valence-corrected chi connectivity index (χ4v) is 4.68. The molecule has 0 bridgehead atoms. The number of nitrogens with zero attached hydrogens (tertiary/aromatic N) is 2. The van der Waals surface area contributed by atoms with Crippen molar-refractivity contribution in [2.45, 2.75) is 19.9 Å². The first-order valence-electron chi connectivity index (χ1n) is 9.83. The minimum atomic E-state index is -0.644. The lowest BCUT2D eigenvalue weighted by molar-refractivity contribution is -0.136. The molecule has 3 aromatic rings. The van der Waals surface area contributed by atoms with Crippen LogP contribution in [0.15, 0.2) is 75.7 Å². The van der Waals surface area contributed by atoms with Crippen molar-refractivity contribution in [1.82, 2.24) is 4.57 Å². The van der Waals surface area contributed by atoms with E-state index in [9.17, 15) is 14.4 Å². The van der Waals surface area contributed by atoms with Crippen LogP contribution in [0.5, 0.6) is 5.75 Å². The largest absolute Gasteiger partial charge is 0.466 e. The summed E-state index contributed by atoms with van der Waals surface area (Å²) in [6.45, 7) is 3.07. The molecule has 8 heteroatoms. The zero-order valence-corrected chi connectivity index (χ0v) is 18.5. The lowest BCUT2D eigenvalue weighted by Crippen LogP contribution is -2.39. The van der Waals surface area contributed by atoms with Crippen LogP contribution in [-0.2, 0) is 14.3 Å². The zero-order chi connectivity index (χ0) is 22.8. The number of methoxy groups -OCH3 is 1. The van der Waals surface area contributed by atoms with Crippen molar-refractivity contribution >= 4 is 29.4 Å². The van der Waals surface area contributed by atoms with Crippen molar-refractivity contribution in [1.29, 1.82) is 0 Å². The molecule has 7 nitrogen and oxygen atoms in total. The van der Waals surface area contributed by atoms with Crippen molar-refractivity contribution in [2.75, 3.05) is 7.11 Å². The molecule has 1 aliphatic rings. The number of fused-ring (bicyclic) bond motifs is 1. The minimum Gasteiger partial charge on any atom is -0.466 e. The number of ether oxygens (including phenoxy) is 2. The van der Waals surface area contributed by atoms with Crippen LogP contribution in [0.3, 0.4) is 0 Å². The number of hydrogen-bond acceptors (Lipinski definition) is 7. The Bertz CT molecular complexity index is 1420. The Morgan fingerprint density at radius 3 is 2.56 bits per heavy atom. The van der Waals surface area contributed by atoms with Gasteiger partial charge in [0, 0.05) is 6.92 Å². The smallest absolute Gasteiger partial charge is 0.338 e. The van der Waals surface area contributed by atoms with Crippen LogP contribution in [0.4, 0.5) is 0 Å². The number of esters is 2. The first kappa shape index (κ1) is 21.5. The van der Waals surface area contributed by atoms with Gasteiger partial charge in [-0.1, -0.05) is 53.8 Å². The molecule has 0 saturated carbocycles. The van der Waals surface area contributed by atoms with E-state index >= 15 is 0 Å². The van der Waals surface area contributed by atoms with Crippen molar-refractivity contribution < 1.29 is 19.1 Å². The Balaban J connectivity index is 1.91. The second-order valence-electron chi connectivity index (χ2n) is 7.15. The third kappa shape index (κ3) is 4.04. The third-order valence-corrected chi connectivity index (χ3v) is 5.94. The van der Waals surface area contributed by atoms with Crippen molar-refractivity contribution in [3.63, 3.8) is 0 Å². The number of hydrogen-bond donors (Lipinski definition) is 0. The van der Waals surface area contributed by atoms with Crippen LogP contribution < -0.4 is 19.6 Å². The normalized spacial score (nSPS) is 15.7. The lowest BCUT2D eigenvalue weighted by atomic mass is 9.96. The van der Waals surface area contributed by atoms with E-state index in [0.29, 0.717) is 31.9 Å². The molecule has 2 aromatic carbocycles. The number of rotatable bonds is 4. The molecule has 1 atom stereocenters. The van der Waals surface area contributed by atoms with Gasteiger partial charge in [0.15, 0.2) is 4.80 Å². The maximum absolute atomic E-state index is 13.4. The standard InChI is InChI=1S/C24H20N2O5S/c1-14-20(23(29)30-3)21(17-9-5-4-6-10-17)26-22(28)19(32-24(26)25-14)13-16-8-7-11-18(12-16)31-15(2)27/h4-13,21H,1-3H3. The molecule has 0 fully saturated rings. The third-order valence-electron chi connectivity index (χ3n) is 4.96. The van der Waals surface area contributed by atoms with Crippen molar-refractivity contribution in [3.8, 4) is 5.75 Å². The highest BCUT2D eigenvalue weighted by Gasteiger charge is 2.32. The van der Waals surface area contributed by atoms with E-state index in [1.807, 2.05) is 36.4 Å². The van der Waals surface area contributed by atoms with Gasteiger partial charge < -0.3 is 9.47 Å². The van der Waals surface area contributed by atoms with Crippen molar-refractivity contribution in [2.24, 2.45) is 4.99 Å². The summed E-state index contributed by atoms with van der Waals surface area (Å²) in [6.07, 6.45) is 1.72. The van der Waals surface area contributed by atoms with Gasteiger partial charge in [0.05, 0.1) is 29.0 Å². The van der Waals surface area contributed by atoms with Crippen LogP contribution in [-0.4, -0.2) is 23.6 Å². The average molecular weight is 449 g/mol. The van der Waals surface area contributed by atoms with E-state index < -0.39 is 18.0 Å². The van der Waals surface area contributed by atoms with Gasteiger partial charge in [-0.15, -0.1) is 0 Å². The molecule has 32 heavy (non-hydrogen) atoms. The number of thiazole rings is 1. The first-order valence-corrected chi connectivity index (χ1v) is 10.6. The van der Waals surface area contributed by atoms with Gasteiger partial charge in [0.25, 0.3) is 5.56 Å². The molecular weight excluding hydrogens is 428 g/mol. The summed E-state index contributed by atoms with van der Waals surface area (Å²) in [7, 11) is 1.31. The maximum Gasteiger partial charge on any atom is 0.338 e. The van der Waals surface area contributed by atoms with Crippen LogP contribution in [0.25, 0.3) is 6.08 Å². The molecule has 162 valence electrons. The summed E-state index contributed by atoms with van der Waals surface area (Å²) in [4.78, 5) is 42.3. The van der Waals surface area contributed by atoms with Crippen LogP contribution in [0.2, 0.25) is 0 Å². The quantitative estimate of drug-likeness (QED) is 0.452. The topological polar surface area (TPSA) is 87.0 Å². The highest BCUT2D eigenvalue weighted by Crippen LogP contribution is 2.30. The van der Waals surface area contributed by atoms with E-state index in [-0.39, 0.29) is 5.56 Å². The fourth-order valence-electron chi connectivity index (χ4n) is 3.63. The molecule has 1 aliphatic heterocycles.